The maximum absolute atomic E-state index is 10.1. The molecule has 0 aromatic heterocycles. The van der Waals surface area contributed by atoms with Crippen molar-refractivity contribution in [3.05, 3.63) is 11.1 Å². The largest absolute Gasteiger partial charge is 0.481 e. The van der Waals surface area contributed by atoms with E-state index in [1.54, 1.807) is 11.8 Å². The minimum Gasteiger partial charge on any atom is -0.481 e. The Morgan fingerprint density at radius 1 is 1.82 bits per heavy atom. The van der Waals surface area contributed by atoms with Crippen molar-refractivity contribution < 1.29 is 9.90 Å². The maximum atomic E-state index is 10.1. The van der Waals surface area contributed by atoms with Gasteiger partial charge in [0.05, 0.1) is 11.4 Å². The molecule has 0 aromatic rings. The summed E-state index contributed by atoms with van der Waals surface area (Å²) in [5, 5.41) is 12.5. The number of thioether (sulfide) groups is 1. The fourth-order valence-electron chi connectivity index (χ4n) is 0.834. The van der Waals surface area contributed by atoms with Crippen molar-refractivity contribution in [2.24, 2.45) is 0 Å². The van der Waals surface area contributed by atoms with Gasteiger partial charge in [-0.05, 0) is 6.42 Å². The fourth-order valence-corrected chi connectivity index (χ4v) is 1.73. The third kappa shape index (κ3) is 3.32. The van der Waals surface area contributed by atoms with Gasteiger partial charge >= 0.3 is 5.97 Å². The Kier molecular flexibility index (Phi) is 3.29. The highest BCUT2D eigenvalue weighted by Crippen LogP contribution is 2.21. The van der Waals surface area contributed by atoms with Gasteiger partial charge in [-0.3, -0.25) is 4.79 Å². The number of hydrogen-bond acceptors (Lipinski definition) is 3. The van der Waals surface area contributed by atoms with Gasteiger partial charge in [-0.2, -0.15) is 0 Å². The Morgan fingerprint density at radius 2 is 2.64 bits per heavy atom. The first-order chi connectivity index (χ1) is 5.29. The zero-order chi connectivity index (χ0) is 8.10. The number of carboxylic acid groups (broad SMARTS) is 1. The summed E-state index contributed by atoms with van der Waals surface area (Å²) in [4.78, 5) is 10.1. The van der Waals surface area contributed by atoms with Crippen molar-refractivity contribution in [3.8, 4) is 0 Å². The van der Waals surface area contributed by atoms with E-state index in [-0.39, 0.29) is 6.42 Å². The van der Waals surface area contributed by atoms with Gasteiger partial charge in [-0.1, -0.05) is 6.08 Å². The second-order valence-corrected chi connectivity index (χ2v) is 3.41. The van der Waals surface area contributed by atoms with E-state index in [0.717, 1.165) is 17.2 Å². The Labute approximate surface area is 69.9 Å². The smallest absolute Gasteiger partial charge is 0.305 e. The summed E-state index contributed by atoms with van der Waals surface area (Å²) < 4.78 is 0. The molecular weight excluding hydrogens is 162 g/mol. The summed E-state index contributed by atoms with van der Waals surface area (Å²) in [6, 6.07) is 0. The predicted molar refractivity (Wildman–Crippen MR) is 45.4 cm³/mol. The topological polar surface area (TPSA) is 49.3 Å². The average Bonchev–Trinajstić information content (AvgIpc) is 2.39. The minimum atomic E-state index is -0.749. The van der Waals surface area contributed by atoms with Crippen LogP contribution in [0.3, 0.4) is 0 Å². The zero-order valence-electron chi connectivity index (χ0n) is 6.17. The average molecular weight is 173 g/mol. The molecule has 1 aliphatic rings. The molecular formula is C7H11NO2S. The van der Waals surface area contributed by atoms with Crippen LogP contribution in [0.2, 0.25) is 0 Å². The van der Waals surface area contributed by atoms with Gasteiger partial charge in [0, 0.05) is 12.3 Å². The van der Waals surface area contributed by atoms with Crippen LogP contribution in [0.4, 0.5) is 0 Å². The Morgan fingerprint density at radius 3 is 3.18 bits per heavy atom. The summed E-state index contributed by atoms with van der Waals surface area (Å²) in [6.45, 7) is 0.536. The molecule has 0 aromatic carbocycles. The first-order valence-electron chi connectivity index (χ1n) is 3.57. The molecule has 2 N–H and O–H groups in total. The molecule has 0 radical (unpaired) electrons. The number of carbonyl (C=O) groups is 1. The summed E-state index contributed by atoms with van der Waals surface area (Å²) in [6.07, 6.45) is 3.39. The Bertz CT molecular complexity index is 179. The van der Waals surface area contributed by atoms with E-state index in [0.29, 0.717) is 6.54 Å². The molecule has 0 amide bonds. The van der Waals surface area contributed by atoms with E-state index in [2.05, 4.69) is 11.4 Å². The molecule has 3 nitrogen and oxygen atoms in total. The van der Waals surface area contributed by atoms with Crippen molar-refractivity contribution in [1.29, 1.82) is 0 Å². The molecule has 0 aliphatic carbocycles. The first kappa shape index (κ1) is 8.46. The number of allylic oxidation sites excluding steroid dienone is 1. The van der Waals surface area contributed by atoms with Crippen LogP contribution in [0.25, 0.3) is 0 Å². The minimum absolute atomic E-state index is 0.192. The quantitative estimate of drug-likeness (QED) is 0.666. The normalized spacial score (nSPS) is 16.2. The SMILES string of the molecule is O=C(O)CCNC1=CCCS1. The van der Waals surface area contributed by atoms with Gasteiger partial charge < -0.3 is 10.4 Å². The highest BCUT2D eigenvalue weighted by atomic mass is 32.2. The summed E-state index contributed by atoms with van der Waals surface area (Å²) in [5.74, 6) is 0.371. The molecule has 0 saturated carbocycles. The van der Waals surface area contributed by atoms with Crippen molar-refractivity contribution in [1.82, 2.24) is 5.32 Å². The van der Waals surface area contributed by atoms with Gasteiger partial charge in [0.1, 0.15) is 0 Å². The molecule has 1 aliphatic heterocycles. The third-order valence-corrected chi connectivity index (χ3v) is 2.41. The van der Waals surface area contributed by atoms with E-state index in [1.165, 1.54) is 0 Å². The van der Waals surface area contributed by atoms with Crippen LogP contribution in [0.15, 0.2) is 11.1 Å². The van der Waals surface area contributed by atoms with Crippen LogP contribution in [-0.2, 0) is 4.79 Å². The molecule has 1 rings (SSSR count). The highest BCUT2D eigenvalue weighted by Gasteiger charge is 2.04. The number of hydrogen-bond donors (Lipinski definition) is 2. The lowest BCUT2D eigenvalue weighted by atomic mass is 10.4. The van der Waals surface area contributed by atoms with Crippen LogP contribution in [0.1, 0.15) is 12.8 Å². The molecule has 4 heteroatoms. The molecule has 0 fully saturated rings. The van der Waals surface area contributed by atoms with Gasteiger partial charge in [0.25, 0.3) is 0 Å². The fraction of sp³-hybridized carbons (Fsp3) is 0.571. The van der Waals surface area contributed by atoms with Crippen molar-refractivity contribution in [2.75, 3.05) is 12.3 Å². The van der Waals surface area contributed by atoms with Crippen LogP contribution in [0, 0.1) is 0 Å². The number of nitrogens with one attached hydrogen (secondary N) is 1. The van der Waals surface area contributed by atoms with Gasteiger partial charge in [-0.15, -0.1) is 11.8 Å². The standard InChI is InChI=1S/C7H11NO2S/c9-7(10)3-4-8-6-2-1-5-11-6/h2,8H,1,3-5H2,(H,9,10). The monoisotopic (exact) mass is 173 g/mol. The molecule has 0 spiro atoms. The van der Waals surface area contributed by atoms with Gasteiger partial charge in [0.15, 0.2) is 0 Å². The summed E-state index contributed by atoms with van der Waals surface area (Å²) in [5.41, 5.74) is 0. The van der Waals surface area contributed by atoms with E-state index in [1.807, 2.05) is 0 Å². The van der Waals surface area contributed by atoms with Crippen molar-refractivity contribution in [2.45, 2.75) is 12.8 Å². The van der Waals surface area contributed by atoms with Crippen LogP contribution >= 0.6 is 11.8 Å². The molecule has 1 heterocycles. The second kappa shape index (κ2) is 4.28. The number of rotatable bonds is 4. The summed E-state index contributed by atoms with van der Waals surface area (Å²) >= 11 is 1.75. The zero-order valence-corrected chi connectivity index (χ0v) is 6.99. The van der Waals surface area contributed by atoms with Gasteiger partial charge in [-0.25, -0.2) is 0 Å². The number of aliphatic carboxylic acids is 1. The van der Waals surface area contributed by atoms with Crippen LogP contribution in [0.5, 0.6) is 0 Å². The lowest BCUT2D eigenvalue weighted by molar-refractivity contribution is -0.136. The molecule has 0 saturated heterocycles. The second-order valence-electron chi connectivity index (χ2n) is 2.28. The van der Waals surface area contributed by atoms with E-state index >= 15 is 0 Å². The highest BCUT2D eigenvalue weighted by molar-refractivity contribution is 8.03. The lowest BCUT2D eigenvalue weighted by Gasteiger charge is -2.02. The molecule has 0 atom stereocenters. The van der Waals surface area contributed by atoms with E-state index < -0.39 is 5.97 Å². The molecule has 11 heavy (non-hydrogen) atoms. The Hall–Kier alpha value is -0.640. The first-order valence-corrected chi connectivity index (χ1v) is 4.56. The maximum Gasteiger partial charge on any atom is 0.305 e. The van der Waals surface area contributed by atoms with Crippen molar-refractivity contribution in [3.63, 3.8) is 0 Å². The third-order valence-electron chi connectivity index (χ3n) is 1.34. The summed E-state index contributed by atoms with van der Waals surface area (Å²) in [7, 11) is 0. The van der Waals surface area contributed by atoms with Crippen LogP contribution in [-0.4, -0.2) is 23.4 Å². The Balaban J connectivity index is 2.07. The molecule has 0 bridgehead atoms. The van der Waals surface area contributed by atoms with E-state index in [4.69, 9.17) is 5.11 Å². The predicted octanol–water partition coefficient (Wildman–Crippen LogP) is 1.03. The molecule has 62 valence electrons. The molecule has 0 unspecified atom stereocenters. The number of carboxylic acids is 1. The van der Waals surface area contributed by atoms with Crippen LogP contribution < -0.4 is 5.32 Å². The van der Waals surface area contributed by atoms with Crippen molar-refractivity contribution >= 4 is 17.7 Å². The van der Waals surface area contributed by atoms with Gasteiger partial charge in [0.2, 0.25) is 0 Å². The lowest BCUT2D eigenvalue weighted by Crippen LogP contribution is -2.15. The van der Waals surface area contributed by atoms with E-state index in [9.17, 15) is 4.79 Å².